The molecular formula is C15H10F3N3O4. The lowest BCUT2D eigenvalue weighted by Crippen LogP contribution is -2.25. The first kappa shape index (κ1) is 15.5. The van der Waals surface area contributed by atoms with Gasteiger partial charge in [0.1, 0.15) is 5.56 Å². The van der Waals surface area contributed by atoms with Gasteiger partial charge in [-0.05, 0) is 18.6 Å². The highest BCUT2D eigenvalue weighted by Crippen LogP contribution is 2.47. The van der Waals surface area contributed by atoms with Crippen molar-refractivity contribution in [1.82, 2.24) is 9.13 Å². The Balaban J connectivity index is 1.93. The van der Waals surface area contributed by atoms with Crippen molar-refractivity contribution in [2.24, 2.45) is 0 Å². The Hall–Kier alpha value is -3.04. The summed E-state index contributed by atoms with van der Waals surface area (Å²) in [4.78, 5) is 22.3. The van der Waals surface area contributed by atoms with E-state index in [1.165, 1.54) is 4.57 Å². The molecule has 4 rings (SSSR count). The van der Waals surface area contributed by atoms with E-state index < -0.39 is 33.9 Å². The number of aromatic nitrogens is 2. The van der Waals surface area contributed by atoms with Crippen molar-refractivity contribution in [1.29, 1.82) is 0 Å². The zero-order chi connectivity index (χ0) is 18.1. The second-order valence-corrected chi connectivity index (χ2v) is 5.95. The molecule has 7 nitrogen and oxygen atoms in total. The van der Waals surface area contributed by atoms with Crippen LogP contribution in [0.5, 0.6) is 5.88 Å². The first-order valence-electron chi connectivity index (χ1n) is 7.30. The van der Waals surface area contributed by atoms with Gasteiger partial charge in [-0.1, -0.05) is 12.2 Å². The number of rotatable bonds is 2. The number of alkyl halides is 3. The average Bonchev–Trinajstić information content (AvgIpc) is 3.20. The van der Waals surface area contributed by atoms with Gasteiger partial charge in [0.25, 0.3) is 5.69 Å². The van der Waals surface area contributed by atoms with Crippen LogP contribution in [-0.2, 0) is 6.18 Å². The molecule has 25 heavy (non-hydrogen) atoms. The van der Waals surface area contributed by atoms with Gasteiger partial charge in [-0.25, -0.2) is 9.36 Å². The lowest BCUT2D eigenvalue weighted by atomic mass is 10.1. The molecule has 1 aliphatic carbocycles. The van der Waals surface area contributed by atoms with Gasteiger partial charge in [-0.3, -0.25) is 14.7 Å². The zero-order valence-electron chi connectivity index (χ0n) is 12.4. The Morgan fingerprint density at radius 3 is 2.60 bits per heavy atom. The summed E-state index contributed by atoms with van der Waals surface area (Å²) in [6.07, 6.45) is -0.700. The number of nitro benzene ring substituents is 1. The minimum Gasteiger partial charge on any atom is -0.493 e. The molecule has 2 atom stereocenters. The molecule has 2 aromatic rings. The van der Waals surface area contributed by atoms with E-state index >= 15 is 0 Å². The van der Waals surface area contributed by atoms with E-state index in [1.807, 2.05) is 6.08 Å². The molecule has 2 aliphatic rings. The second kappa shape index (κ2) is 4.74. The van der Waals surface area contributed by atoms with Gasteiger partial charge in [0.15, 0.2) is 0 Å². The van der Waals surface area contributed by atoms with Gasteiger partial charge < -0.3 is 5.11 Å². The number of fused-ring (bicyclic) bond motifs is 5. The third kappa shape index (κ3) is 2.03. The van der Waals surface area contributed by atoms with E-state index in [-0.39, 0.29) is 17.6 Å². The summed E-state index contributed by atoms with van der Waals surface area (Å²) in [5.74, 6) is -0.608. The van der Waals surface area contributed by atoms with Crippen LogP contribution in [0, 0.1) is 10.1 Å². The first-order chi connectivity index (χ1) is 11.7. The van der Waals surface area contributed by atoms with Gasteiger partial charge in [-0.2, -0.15) is 13.2 Å². The molecule has 1 N–H and O–H groups in total. The topological polar surface area (TPSA) is 90.3 Å². The third-order valence-electron chi connectivity index (χ3n) is 4.58. The maximum absolute atomic E-state index is 13.1. The van der Waals surface area contributed by atoms with Gasteiger partial charge in [0.2, 0.25) is 5.88 Å². The summed E-state index contributed by atoms with van der Waals surface area (Å²) in [6.45, 7) is 0. The summed E-state index contributed by atoms with van der Waals surface area (Å²) in [5.41, 5.74) is -3.19. The number of halogens is 3. The minimum absolute atomic E-state index is 0.168. The molecule has 0 radical (unpaired) electrons. The SMILES string of the molecule is O=c1n(-c2ccc([N+](=O)[O-])c(C(F)(F)F)c2)c(O)c2n1C1C=CC2C1. The molecule has 2 heterocycles. The quantitative estimate of drug-likeness (QED) is 0.511. The Labute approximate surface area is 137 Å². The Bertz CT molecular complexity index is 1000. The van der Waals surface area contributed by atoms with Crippen molar-refractivity contribution in [2.75, 3.05) is 0 Å². The van der Waals surface area contributed by atoms with Crippen LogP contribution in [0.1, 0.15) is 29.6 Å². The van der Waals surface area contributed by atoms with Crippen molar-refractivity contribution in [2.45, 2.75) is 24.6 Å². The summed E-state index contributed by atoms with van der Waals surface area (Å²) in [7, 11) is 0. The van der Waals surface area contributed by atoms with E-state index in [2.05, 4.69) is 0 Å². The minimum atomic E-state index is -4.97. The highest BCUT2D eigenvalue weighted by Gasteiger charge is 2.41. The molecule has 1 aliphatic heterocycles. The molecule has 1 aromatic heterocycles. The van der Waals surface area contributed by atoms with Crippen LogP contribution < -0.4 is 5.69 Å². The van der Waals surface area contributed by atoms with E-state index in [4.69, 9.17) is 0 Å². The molecule has 2 unspecified atom stereocenters. The van der Waals surface area contributed by atoms with Crippen LogP contribution >= 0.6 is 0 Å². The first-order valence-corrected chi connectivity index (χ1v) is 7.30. The largest absolute Gasteiger partial charge is 0.493 e. The molecule has 1 aromatic carbocycles. The van der Waals surface area contributed by atoms with E-state index in [9.17, 15) is 33.2 Å². The Kier molecular flexibility index (Phi) is 2.94. The van der Waals surface area contributed by atoms with E-state index in [0.29, 0.717) is 24.2 Å². The van der Waals surface area contributed by atoms with Gasteiger partial charge in [-0.15, -0.1) is 0 Å². The summed E-state index contributed by atoms with van der Waals surface area (Å²) < 4.78 is 41.5. The highest BCUT2D eigenvalue weighted by molar-refractivity contribution is 5.52. The van der Waals surface area contributed by atoms with Crippen LogP contribution in [0.3, 0.4) is 0 Å². The Morgan fingerprint density at radius 2 is 2.00 bits per heavy atom. The number of allylic oxidation sites excluding steroid dienone is 2. The summed E-state index contributed by atoms with van der Waals surface area (Å²) in [6, 6.07) is 1.96. The fourth-order valence-electron chi connectivity index (χ4n) is 3.54. The molecule has 0 fully saturated rings. The highest BCUT2D eigenvalue weighted by atomic mass is 19.4. The van der Waals surface area contributed by atoms with Crippen LogP contribution in [0.4, 0.5) is 18.9 Å². The lowest BCUT2D eigenvalue weighted by molar-refractivity contribution is -0.388. The number of imidazole rings is 1. The van der Waals surface area contributed by atoms with Gasteiger partial charge in [0.05, 0.1) is 22.3 Å². The van der Waals surface area contributed by atoms with E-state index in [1.54, 1.807) is 6.08 Å². The third-order valence-corrected chi connectivity index (χ3v) is 4.58. The number of hydrogen-bond donors (Lipinski definition) is 1. The molecule has 0 saturated heterocycles. The molecule has 10 heteroatoms. The number of nitrogens with zero attached hydrogens (tertiary/aromatic N) is 3. The van der Waals surface area contributed by atoms with Crippen molar-refractivity contribution in [3.8, 4) is 11.6 Å². The summed E-state index contributed by atoms with van der Waals surface area (Å²) in [5, 5.41) is 21.2. The molecule has 0 spiro atoms. The maximum Gasteiger partial charge on any atom is 0.423 e. The van der Waals surface area contributed by atoms with Crippen LogP contribution in [0.25, 0.3) is 5.69 Å². The predicted octanol–water partition coefficient (Wildman–Crippen LogP) is 2.87. The van der Waals surface area contributed by atoms with Gasteiger partial charge >= 0.3 is 11.9 Å². The smallest absolute Gasteiger partial charge is 0.423 e. The van der Waals surface area contributed by atoms with Crippen molar-refractivity contribution in [3.63, 3.8) is 0 Å². The van der Waals surface area contributed by atoms with Crippen LogP contribution in [0.2, 0.25) is 0 Å². The fraction of sp³-hybridized carbons (Fsp3) is 0.267. The van der Waals surface area contributed by atoms with Crippen molar-refractivity contribution >= 4 is 5.69 Å². The van der Waals surface area contributed by atoms with Gasteiger partial charge in [0, 0.05) is 12.0 Å². The number of nitro groups is 1. The normalized spacial score (nSPS) is 20.9. The molecule has 0 amide bonds. The number of aromatic hydroxyl groups is 1. The fourth-order valence-corrected chi connectivity index (χ4v) is 3.54. The number of benzene rings is 1. The molecule has 130 valence electrons. The summed E-state index contributed by atoms with van der Waals surface area (Å²) >= 11 is 0. The Morgan fingerprint density at radius 1 is 1.28 bits per heavy atom. The standard InChI is InChI=1S/C15H10F3N3O4/c16-15(17,18)10-6-9(3-4-11(10)21(24)25)20-13(22)12-7-1-2-8(5-7)19(12)14(20)23/h1-4,6-8,22H,5H2. The lowest BCUT2D eigenvalue weighted by Gasteiger charge is -2.11. The van der Waals surface area contributed by atoms with Crippen LogP contribution in [0.15, 0.2) is 35.1 Å². The maximum atomic E-state index is 13.1. The van der Waals surface area contributed by atoms with Crippen molar-refractivity contribution in [3.05, 3.63) is 62.2 Å². The zero-order valence-corrected chi connectivity index (χ0v) is 12.4. The monoisotopic (exact) mass is 353 g/mol. The molecule has 2 bridgehead atoms. The molecular weight excluding hydrogens is 343 g/mol. The second-order valence-electron chi connectivity index (χ2n) is 5.95. The van der Waals surface area contributed by atoms with E-state index in [0.717, 1.165) is 10.6 Å². The number of hydrogen-bond acceptors (Lipinski definition) is 4. The van der Waals surface area contributed by atoms with Crippen molar-refractivity contribution < 1.29 is 23.2 Å². The average molecular weight is 353 g/mol. The predicted molar refractivity (Wildman–Crippen MR) is 78.9 cm³/mol. The molecule has 0 saturated carbocycles. The van der Waals surface area contributed by atoms with Crippen LogP contribution in [-0.4, -0.2) is 19.2 Å².